The molecule has 1 N–H and O–H groups in total. The minimum Gasteiger partial charge on any atom is -0.361 e. The first-order chi connectivity index (χ1) is 10.4. The second-order valence-corrected chi connectivity index (χ2v) is 6.70. The third kappa shape index (κ3) is 3.90. The second-order valence-electron chi connectivity index (χ2n) is 6.70. The van der Waals surface area contributed by atoms with Crippen LogP contribution in [0.3, 0.4) is 0 Å². The van der Waals surface area contributed by atoms with Gasteiger partial charge < -0.3 is 9.84 Å². The number of carbonyl (C=O) groups excluding carboxylic acids is 1. The van der Waals surface area contributed by atoms with Gasteiger partial charge in [-0.05, 0) is 38.5 Å². The van der Waals surface area contributed by atoms with Crippen LogP contribution in [0.1, 0.15) is 89.9 Å². The molecule has 0 aromatic carbocycles. The predicted molar refractivity (Wildman–Crippen MR) is 90.0 cm³/mol. The summed E-state index contributed by atoms with van der Waals surface area (Å²) < 4.78 is 5.14. The molecule has 1 heterocycles. The predicted octanol–water partition coefficient (Wildman–Crippen LogP) is 4.74. The van der Waals surface area contributed by atoms with Crippen molar-refractivity contribution < 1.29 is 9.32 Å². The molecule has 0 bridgehead atoms. The van der Waals surface area contributed by atoms with Gasteiger partial charge in [0.1, 0.15) is 5.76 Å². The zero-order chi connectivity index (χ0) is 16.8. The summed E-state index contributed by atoms with van der Waals surface area (Å²) in [5.74, 6) is 0.599. The number of nitrogens with one attached hydrogen (secondary N) is 1. The summed E-state index contributed by atoms with van der Waals surface area (Å²) in [5.41, 5.74) is 0.200. The van der Waals surface area contributed by atoms with Gasteiger partial charge in [-0.1, -0.05) is 45.7 Å². The average molecular weight is 308 g/mol. The van der Waals surface area contributed by atoms with E-state index < -0.39 is 0 Å². The summed E-state index contributed by atoms with van der Waals surface area (Å²) in [4.78, 5) is 12.5. The van der Waals surface area contributed by atoms with Crippen molar-refractivity contribution >= 4 is 5.91 Å². The fourth-order valence-corrected chi connectivity index (χ4v) is 3.38. The van der Waals surface area contributed by atoms with Gasteiger partial charge in [-0.15, -0.1) is 0 Å². The monoisotopic (exact) mass is 308 g/mol. The molecule has 0 saturated heterocycles. The van der Waals surface area contributed by atoms with Gasteiger partial charge in [-0.2, -0.15) is 0 Å². The van der Waals surface area contributed by atoms with Gasteiger partial charge in [0.2, 0.25) is 0 Å². The molecule has 126 valence electrons. The van der Waals surface area contributed by atoms with Crippen LogP contribution < -0.4 is 5.32 Å². The van der Waals surface area contributed by atoms with Crippen LogP contribution in [0.15, 0.2) is 10.6 Å². The molecule has 0 radical (unpaired) electrons. The Balaban J connectivity index is 2.92. The molecular formula is C18H32N2O2. The molecule has 0 fully saturated rings. The first-order valence-corrected chi connectivity index (χ1v) is 8.63. The zero-order valence-corrected chi connectivity index (χ0v) is 15.1. The van der Waals surface area contributed by atoms with E-state index in [4.69, 9.17) is 4.52 Å². The van der Waals surface area contributed by atoms with Crippen LogP contribution in [-0.4, -0.2) is 16.6 Å². The van der Waals surface area contributed by atoms with Crippen LogP contribution in [0.2, 0.25) is 0 Å². The lowest BCUT2D eigenvalue weighted by Crippen LogP contribution is -2.56. The molecule has 4 heteroatoms. The molecule has 0 spiro atoms. The highest BCUT2D eigenvalue weighted by Crippen LogP contribution is 2.43. The Morgan fingerprint density at radius 3 is 2.32 bits per heavy atom. The third-order valence-electron chi connectivity index (χ3n) is 5.25. The molecule has 0 aliphatic heterocycles. The first-order valence-electron chi connectivity index (χ1n) is 8.63. The van der Waals surface area contributed by atoms with E-state index in [0.29, 0.717) is 5.69 Å². The Morgan fingerprint density at radius 2 is 1.86 bits per heavy atom. The molecule has 1 aromatic heterocycles. The molecular weight excluding hydrogens is 276 g/mol. The van der Waals surface area contributed by atoms with Crippen molar-refractivity contribution in [3.63, 3.8) is 0 Å². The SMILES string of the molecule is CCCCC(CC)(CC)C(C)(C)NC(=O)c1cc(CC)on1. The van der Waals surface area contributed by atoms with E-state index in [2.05, 4.69) is 45.1 Å². The molecule has 22 heavy (non-hydrogen) atoms. The maximum atomic E-state index is 12.5. The highest BCUT2D eigenvalue weighted by atomic mass is 16.5. The molecule has 1 aromatic rings. The van der Waals surface area contributed by atoms with Crippen molar-refractivity contribution in [2.45, 2.75) is 85.6 Å². The van der Waals surface area contributed by atoms with E-state index in [-0.39, 0.29) is 16.9 Å². The van der Waals surface area contributed by atoms with Gasteiger partial charge in [0.25, 0.3) is 5.91 Å². The molecule has 0 aliphatic rings. The smallest absolute Gasteiger partial charge is 0.273 e. The molecule has 4 nitrogen and oxygen atoms in total. The normalized spacial score (nSPS) is 12.5. The summed E-state index contributed by atoms with van der Waals surface area (Å²) in [7, 11) is 0. The van der Waals surface area contributed by atoms with E-state index in [9.17, 15) is 4.79 Å². The average Bonchev–Trinajstić information content (AvgIpc) is 2.97. The number of hydrogen-bond donors (Lipinski definition) is 1. The Bertz CT molecular complexity index is 473. The molecule has 0 atom stereocenters. The number of carbonyl (C=O) groups is 1. The topological polar surface area (TPSA) is 55.1 Å². The molecule has 0 aliphatic carbocycles. The van der Waals surface area contributed by atoms with E-state index in [0.717, 1.165) is 31.4 Å². The van der Waals surface area contributed by atoms with Crippen molar-refractivity contribution in [3.05, 3.63) is 17.5 Å². The van der Waals surface area contributed by atoms with Crippen molar-refractivity contribution in [3.8, 4) is 0 Å². The number of nitrogens with zero attached hydrogens (tertiary/aromatic N) is 1. The molecule has 0 unspecified atom stereocenters. The second kappa shape index (κ2) is 7.80. The van der Waals surface area contributed by atoms with Gasteiger partial charge in [0.15, 0.2) is 5.69 Å². The van der Waals surface area contributed by atoms with Crippen molar-refractivity contribution in [2.24, 2.45) is 5.41 Å². The van der Waals surface area contributed by atoms with Gasteiger partial charge in [0, 0.05) is 18.0 Å². The largest absolute Gasteiger partial charge is 0.361 e. The zero-order valence-electron chi connectivity index (χ0n) is 15.1. The first kappa shape index (κ1) is 18.7. The number of rotatable bonds is 9. The number of aromatic nitrogens is 1. The van der Waals surface area contributed by atoms with Crippen molar-refractivity contribution in [2.75, 3.05) is 0 Å². The Kier molecular flexibility index (Phi) is 6.64. The Hall–Kier alpha value is -1.32. The highest BCUT2D eigenvalue weighted by molar-refractivity contribution is 5.92. The fourth-order valence-electron chi connectivity index (χ4n) is 3.38. The highest BCUT2D eigenvalue weighted by Gasteiger charge is 2.42. The Morgan fingerprint density at radius 1 is 1.23 bits per heavy atom. The standard InChI is InChI=1S/C18H32N2O2/c1-7-11-12-18(9-3,10-4)17(5,6)19-16(21)15-13-14(8-2)22-20-15/h13H,7-12H2,1-6H3,(H,19,21). The lowest BCUT2D eigenvalue weighted by atomic mass is 9.64. The number of amides is 1. The lowest BCUT2D eigenvalue weighted by molar-refractivity contribution is 0.0624. The summed E-state index contributed by atoms with van der Waals surface area (Å²) in [6.45, 7) is 12.9. The van der Waals surface area contributed by atoms with Crippen LogP contribution in [0, 0.1) is 5.41 Å². The number of aryl methyl sites for hydroxylation is 1. The maximum absolute atomic E-state index is 12.5. The van der Waals surface area contributed by atoms with Crippen molar-refractivity contribution in [1.82, 2.24) is 10.5 Å². The van der Waals surface area contributed by atoms with Gasteiger partial charge in [-0.25, -0.2) is 0 Å². The minimum atomic E-state index is -0.284. The van der Waals surface area contributed by atoms with Crippen LogP contribution in [0.25, 0.3) is 0 Å². The van der Waals surface area contributed by atoms with E-state index in [1.807, 2.05) is 6.92 Å². The van der Waals surface area contributed by atoms with Crippen LogP contribution in [-0.2, 0) is 6.42 Å². The third-order valence-corrected chi connectivity index (χ3v) is 5.25. The number of unbranched alkanes of at least 4 members (excludes halogenated alkanes) is 1. The fraction of sp³-hybridized carbons (Fsp3) is 0.778. The van der Waals surface area contributed by atoms with Gasteiger partial charge in [0.05, 0.1) is 0 Å². The van der Waals surface area contributed by atoms with Gasteiger partial charge in [-0.3, -0.25) is 4.79 Å². The minimum absolute atomic E-state index is 0.107. The summed E-state index contributed by atoms with van der Waals surface area (Å²) in [6.07, 6.45) is 6.34. The Labute approximate surface area is 135 Å². The summed E-state index contributed by atoms with van der Waals surface area (Å²) >= 11 is 0. The quantitative estimate of drug-likeness (QED) is 0.716. The van der Waals surface area contributed by atoms with Crippen LogP contribution in [0.4, 0.5) is 0 Å². The van der Waals surface area contributed by atoms with Gasteiger partial charge >= 0.3 is 0 Å². The van der Waals surface area contributed by atoms with Crippen LogP contribution in [0.5, 0.6) is 0 Å². The summed E-state index contributed by atoms with van der Waals surface area (Å²) in [6, 6.07) is 1.73. The number of hydrogen-bond acceptors (Lipinski definition) is 3. The van der Waals surface area contributed by atoms with Crippen LogP contribution >= 0.6 is 0 Å². The molecule has 1 amide bonds. The van der Waals surface area contributed by atoms with E-state index >= 15 is 0 Å². The van der Waals surface area contributed by atoms with Crippen molar-refractivity contribution in [1.29, 1.82) is 0 Å². The van der Waals surface area contributed by atoms with E-state index in [1.54, 1.807) is 6.07 Å². The van der Waals surface area contributed by atoms with E-state index in [1.165, 1.54) is 12.8 Å². The molecule has 0 saturated carbocycles. The maximum Gasteiger partial charge on any atom is 0.273 e. The molecule has 1 rings (SSSR count). The summed E-state index contributed by atoms with van der Waals surface area (Å²) in [5, 5.41) is 7.08. The lowest BCUT2D eigenvalue weighted by Gasteiger charge is -2.47.